The van der Waals surface area contributed by atoms with Crippen LogP contribution in [0.2, 0.25) is 0 Å². The molecule has 2 aromatic rings. The van der Waals surface area contributed by atoms with Crippen molar-refractivity contribution in [2.24, 2.45) is 0 Å². The van der Waals surface area contributed by atoms with Gasteiger partial charge in [-0.15, -0.1) is 0 Å². The molecule has 1 aromatic heterocycles. The van der Waals surface area contributed by atoms with Gasteiger partial charge in [-0.05, 0) is 6.42 Å². The lowest BCUT2D eigenvalue weighted by molar-refractivity contribution is 0.733. The van der Waals surface area contributed by atoms with Crippen LogP contribution >= 0.6 is 0 Å². The fraction of sp³-hybridized carbons (Fsp3) is 0.167. The summed E-state index contributed by atoms with van der Waals surface area (Å²) < 4.78 is 0. The highest BCUT2D eigenvalue weighted by molar-refractivity contribution is 5.68. The third kappa shape index (κ3) is 1.53. The molecule has 0 saturated carbocycles. The van der Waals surface area contributed by atoms with Crippen LogP contribution in [0.5, 0.6) is 0 Å². The monoisotopic (exact) mass is 212 g/mol. The molecule has 1 aliphatic heterocycles. The van der Waals surface area contributed by atoms with Crippen molar-refractivity contribution in [3.8, 4) is 11.3 Å². The van der Waals surface area contributed by atoms with E-state index in [0.29, 0.717) is 0 Å². The summed E-state index contributed by atoms with van der Waals surface area (Å²) in [6.07, 6.45) is 2.55. The number of aromatic nitrogens is 2. The van der Waals surface area contributed by atoms with Crippen molar-refractivity contribution in [2.75, 3.05) is 12.0 Å². The predicted molar refractivity (Wildman–Crippen MR) is 62.8 cm³/mol. The van der Waals surface area contributed by atoms with Gasteiger partial charge in [0.2, 0.25) is 0 Å². The van der Waals surface area contributed by atoms with Crippen molar-refractivity contribution in [1.82, 2.24) is 15.4 Å². The molecule has 16 heavy (non-hydrogen) atoms. The zero-order valence-electron chi connectivity index (χ0n) is 8.77. The van der Waals surface area contributed by atoms with Gasteiger partial charge in [-0.2, -0.15) is 0 Å². The van der Waals surface area contributed by atoms with Gasteiger partial charge in [-0.25, -0.2) is 15.4 Å². The number of hydrogen-bond acceptors (Lipinski definition) is 4. The number of rotatable bonds is 1. The number of nitrogens with zero attached hydrogens (tertiary/aromatic N) is 2. The van der Waals surface area contributed by atoms with Crippen molar-refractivity contribution >= 4 is 5.82 Å². The highest BCUT2D eigenvalue weighted by Gasteiger charge is 2.15. The van der Waals surface area contributed by atoms with Gasteiger partial charge in [-0.1, -0.05) is 30.3 Å². The molecule has 4 heteroatoms. The third-order valence-electron chi connectivity index (χ3n) is 2.70. The van der Waals surface area contributed by atoms with Crippen molar-refractivity contribution < 1.29 is 0 Å². The second-order valence-corrected chi connectivity index (χ2v) is 3.72. The van der Waals surface area contributed by atoms with Crippen molar-refractivity contribution in [1.29, 1.82) is 0 Å². The average molecular weight is 212 g/mol. The minimum atomic E-state index is 0.889. The minimum Gasteiger partial charge on any atom is -0.305 e. The first-order valence-corrected chi connectivity index (χ1v) is 5.33. The van der Waals surface area contributed by atoms with Gasteiger partial charge < -0.3 is 5.43 Å². The van der Waals surface area contributed by atoms with Crippen LogP contribution in [0.3, 0.4) is 0 Å². The molecule has 0 spiro atoms. The molecule has 1 aliphatic rings. The molecule has 0 fully saturated rings. The Kier molecular flexibility index (Phi) is 2.27. The average Bonchev–Trinajstić information content (AvgIpc) is 2.39. The summed E-state index contributed by atoms with van der Waals surface area (Å²) in [6, 6.07) is 10.2. The van der Waals surface area contributed by atoms with Crippen LogP contribution in [0.1, 0.15) is 5.56 Å². The fourth-order valence-corrected chi connectivity index (χ4v) is 1.94. The van der Waals surface area contributed by atoms with Gasteiger partial charge in [-0.3, -0.25) is 0 Å². The van der Waals surface area contributed by atoms with E-state index in [0.717, 1.165) is 30.0 Å². The molecule has 4 nitrogen and oxygen atoms in total. The first kappa shape index (κ1) is 9.30. The Bertz CT molecular complexity index is 496. The van der Waals surface area contributed by atoms with Gasteiger partial charge >= 0.3 is 0 Å². The highest BCUT2D eigenvalue weighted by Crippen LogP contribution is 2.26. The number of fused-ring (bicyclic) bond motifs is 1. The van der Waals surface area contributed by atoms with Gasteiger partial charge in [0.05, 0.1) is 5.69 Å². The zero-order valence-corrected chi connectivity index (χ0v) is 8.77. The van der Waals surface area contributed by atoms with Crippen LogP contribution in [-0.2, 0) is 6.42 Å². The van der Waals surface area contributed by atoms with Crippen LogP contribution in [-0.4, -0.2) is 16.5 Å². The Morgan fingerprint density at radius 1 is 1.06 bits per heavy atom. The maximum absolute atomic E-state index is 4.38. The summed E-state index contributed by atoms with van der Waals surface area (Å²) in [5, 5.41) is 0. The van der Waals surface area contributed by atoms with Crippen molar-refractivity contribution in [3.05, 3.63) is 42.2 Å². The first-order valence-electron chi connectivity index (χ1n) is 5.33. The molecule has 0 saturated heterocycles. The standard InChI is InChI=1S/C12H12N4/c1-2-4-9(5-3-1)11-10-6-7-15-16-12(10)14-8-13-11/h1-5,8,15H,6-7H2,(H,13,14,16). The number of hydrazine groups is 1. The smallest absolute Gasteiger partial charge is 0.147 e. The second-order valence-electron chi connectivity index (χ2n) is 3.72. The van der Waals surface area contributed by atoms with Crippen LogP contribution < -0.4 is 10.9 Å². The number of nitrogens with one attached hydrogen (secondary N) is 2. The Hall–Kier alpha value is -1.94. The molecular weight excluding hydrogens is 200 g/mol. The minimum absolute atomic E-state index is 0.889. The Morgan fingerprint density at radius 2 is 1.94 bits per heavy atom. The summed E-state index contributed by atoms with van der Waals surface area (Å²) in [6.45, 7) is 0.903. The summed E-state index contributed by atoms with van der Waals surface area (Å²) in [4.78, 5) is 8.60. The Balaban J connectivity index is 2.14. The van der Waals surface area contributed by atoms with Gasteiger partial charge in [0.15, 0.2) is 0 Å². The molecule has 0 unspecified atom stereocenters. The van der Waals surface area contributed by atoms with Gasteiger partial charge in [0.25, 0.3) is 0 Å². The number of hydrogen-bond donors (Lipinski definition) is 2. The molecule has 0 amide bonds. The van der Waals surface area contributed by atoms with E-state index in [1.807, 2.05) is 18.2 Å². The van der Waals surface area contributed by atoms with E-state index >= 15 is 0 Å². The van der Waals surface area contributed by atoms with E-state index in [-0.39, 0.29) is 0 Å². The lowest BCUT2D eigenvalue weighted by Crippen LogP contribution is -2.30. The lowest BCUT2D eigenvalue weighted by Gasteiger charge is -2.19. The van der Waals surface area contributed by atoms with E-state index in [9.17, 15) is 0 Å². The topological polar surface area (TPSA) is 49.8 Å². The molecular formula is C12H12N4. The second kappa shape index (κ2) is 3.90. The molecule has 2 N–H and O–H groups in total. The largest absolute Gasteiger partial charge is 0.305 e. The summed E-state index contributed by atoms with van der Waals surface area (Å²) >= 11 is 0. The molecule has 0 atom stereocenters. The van der Waals surface area contributed by atoms with Gasteiger partial charge in [0, 0.05) is 17.7 Å². The van der Waals surface area contributed by atoms with Gasteiger partial charge in [0.1, 0.15) is 12.1 Å². The molecule has 0 bridgehead atoms. The predicted octanol–water partition coefficient (Wildman–Crippen LogP) is 1.62. The maximum Gasteiger partial charge on any atom is 0.147 e. The van der Waals surface area contributed by atoms with Crippen LogP contribution in [0.15, 0.2) is 36.7 Å². The molecule has 0 aliphatic carbocycles. The quantitative estimate of drug-likeness (QED) is 0.754. The van der Waals surface area contributed by atoms with Crippen LogP contribution in [0.4, 0.5) is 5.82 Å². The van der Waals surface area contributed by atoms with Crippen molar-refractivity contribution in [2.45, 2.75) is 6.42 Å². The van der Waals surface area contributed by atoms with Crippen molar-refractivity contribution in [3.63, 3.8) is 0 Å². The summed E-state index contributed by atoms with van der Waals surface area (Å²) in [7, 11) is 0. The third-order valence-corrected chi connectivity index (χ3v) is 2.70. The fourth-order valence-electron chi connectivity index (χ4n) is 1.94. The lowest BCUT2D eigenvalue weighted by atomic mass is 10.0. The zero-order chi connectivity index (χ0) is 10.8. The first-order chi connectivity index (χ1) is 7.95. The highest BCUT2D eigenvalue weighted by atomic mass is 15.4. The number of anilines is 1. The normalized spacial score (nSPS) is 14.0. The Labute approximate surface area is 93.7 Å². The van der Waals surface area contributed by atoms with E-state index < -0.39 is 0 Å². The number of benzene rings is 1. The van der Waals surface area contributed by atoms with E-state index in [4.69, 9.17) is 0 Å². The van der Waals surface area contributed by atoms with Crippen LogP contribution in [0, 0.1) is 0 Å². The SMILES string of the molecule is c1ccc(-c2ncnc3c2CCNN3)cc1. The molecule has 0 radical (unpaired) electrons. The molecule has 3 rings (SSSR count). The summed E-state index contributed by atoms with van der Waals surface area (Å²) in [5.74, 6) is 0.889. The Morgan fingerprint density at radius 3 is 2.81 bits per heavy atom. The summed E-state index contributed by atoms with van der Waals surface area (Å²) in [5.41, 5.74) is 9.51. The molecule has 80 valence electrons. The van der Waals surface area contributed by atoms with E-state index in [2.05, 4.69) is 33.0 Å². The molecule has 1 aromatic carbocycles. The van der Waals surface area contributed by atoms with E-state index in [1.165, 1.54) is 5.56 Å². The van der Waals surface area contributed by atoms with Crippen LogP contribution in [0.25, 0.3) is 11.3 Å². The maximum atomic E-state index is 4.38. The van der Waals surface area contributed by atoms with E-state index in [1.54, 1.807) is 6.33 Å². The molecule has 2 heterocycles.